The molecule has 0 radical (unpaired) electrons. The first-order chi connectivity index (χ1) is 11.8. The molecule has 2 rings (SSSR count). The summed E-state index contributed by atoms with van der Waals surface area (Å²) in [5.41, 5.74) is 4.94. The van der Waals surface area contributed by atoms with Gasteiger partial charge in [0.2, 0.25) is 0 Å². The molecule has 136 valence electrons. The second-order valence-corrected chi connectivity index (χ2v) is 7.55. The highest BCUT2D eigenvalue weighted by Gasteiger charge is 2.11. The van der Waals surface area contributed by atoms with Crippen LogP contribution in [0.4, 0.5) is 0 Å². The third kappa shape index (κ3) is 6.89. The number of ether oxygens (including phenoxy) is 2. The summed E-state index contributed by atoms with van der Waals surface area (Å²) in [5.74, 6) is 0.975. The van der Waals surface area contributed by atoms with Crippen LogP contribution < -0.4 is 10.1 Å². The van der Waals surface area contributed by atoms with E-state index < -0.39 is 0 Å². The summed E-state index contributed by atoms with van der Waals surface area (Å²) < 4.78 is 11.6. The van der Waals surface area contributed by atoms with Gasteiger partial charge in [0.25, 0.3) is 0 Å². The molecule has 2 aromatic rings. The number of aryl methyl sites for hydroxylation is 2. The molecular formula is C22H31NO2. The van der Waals surface area contributed by atoms with E-state index in [4.69, 9.17) is 9.47 Å². The van der Waals surface area contributed by atoms with Crippen molar-refractivity contribution in [3.8, 4) is 5.75 Å². The van der Waals surface area contributed by atoms with Crippen molar-refractivity contribution in [1.29, 1.82) is 0 Å². The monoisotopic (exact) mass is 341 g/mol. The molecule has 0 heterocycles. The molecule has 2 aromatic carbocycles. The highest BCUT2D eigenvalue weighted by Crippen LogP contribution is 2.25. The molecule has 3 nitrogen and oxygen atoms in total. The summed E-state index contributed by atoms with van der Waals surface area (Å²) >= 11 is 0. The zero-order valence-corrected chi connectivity index (χ0v) is 16.2. The second kappa shape index (κ2) is 9.02. The van der Waals surface area contributed by atoms with Crippen LogP contribution in [0.5, 0.6) is 5.75 Å². The Labute approximate surface area is 152 Å². The minimum Gasteiger partial charge on any atom is -0.491 e. The molecule has 0 aliphatic rings. The van der Waals surface area contributed by atoms with Gasteiger partial charge in [-0.2, -0.15) is 0 Å². The maximum atomic E-state index is 5.96. The van der Waals surface area contributed by atoms with Crippen molar-refractivity contribution >= 4 is 0 Å². The smallest absolute Gasteiger partial charge is 0.125 e. The lowest BCUT2D eigenvalue weighted by molar-refractivity contribution is 0.0885. The van der Waals surface area contributed by atoms with Gasteiger partial charge in [0, 0.05) is 12.1 Å². The lowest BCUT2D eigenvalue weighted by Crippen LogP contribution is -2.35. The Balaban J connectivity index is 1.81. The van der Waals surface area contributed by atoms with Crippen LogP contribution in [0.15, 0.2) is 42.5 Å². The Bertz CT molecular complexity index is 636. The minimum absolute atomic E-state index is 0.118. The standard InChI is InChI=1S/C22H31NO2/c1-17-13-20(15-23-22(3,4)5)14-18(2)21(17)25-12-11-24-16-19-9-7-6-8-10-19/h6-10,13-14,23H,11-12,15-16H2,1-5H3. The van der Waals surface area contributed by atoms with E-state index in [-0.39, 0.29) is 5.54 Å². The van der Waals surface area contributed by atoms with Gasteiger partial charge in [-0.15, -0.1) is 0 Å². The van der Waals surface area contributed by atoms with E-state index in [0.29, 0.717) is 19.8 Å². The van der Waals surface area contributed by atoms with Crippen LogP contribution in [-0.4, -0.2) is 18.8 Å². The average molecular weight is 341 g/mol. The second-order valence-electron chi connectivity index (χ2n) is 7.55. The predicted molar refractivity (Wildman–Crippen MR) is 104 cm³/mol. The summed E-state index contributed by atoms with van der Waals surface area (Å²) in [6, 6.07) is 14.6. The van der Waals surface area contributed by atoms with Crippen molar-refractivity contribution in [2.45, 2.75) is 53.3 Å². The van der Waals surface area contributed by atoms with Gasteiger partial charge in [-0.05, 0) is 56.9 Å². The molecule has 3 heteroatoms. The lowest BCUT2D eigenvalue weighted by atomic mass is 10.0. The van der Waals surface area contributed by atoms with Crippen LogP contribution in [0.1, 0.15) is 43.0 Å². The van der Waals surface area contributed by atoms with Crippen molar-refractivity contribution in [2.75, 3.05) is 13.2 Å². The maximum Gasteiger partial charge on any atom is 0.125 e. The SMILES string of the molecule is Cc1cc(CNC(C)(C)C)cc(C)c1OCCOCc1ccccc1. The van der Waals surface area contributed by atoms with Gasteiger partial charge in [-0.3, -0.25) is 0 Å². The Kier molecular flexibility index (Phi) is 7.03. The van der Waals surface area contributed by atoms with E-state index in [0.717, 1.165) is 12.3 Å². The van der Waals surface area contributed by atoms with E-state index in [2.05, 4.69) is 64.2 Å². The molecular weight excluding hydrogens is 310 g/mol. The van der Waals surface area contributed by atoms with Crippen LogP contribution in [0.3, 0.4) is 0 Å². The van der Waals surface area contributed by atoms with Crippen molar-refractivity contribution in [1.82, 2.24) is 5.32 Å². The molecule has 0 bridgehead atoms. The number of hydrogen-bond acceptors (Lipinski definition) is 3. The summed E-state index contributed by atoms with van der Waals surface area (Å²) in [6.07, 6.45) is 0. The number of hydrogen-bond donors (Lipinski definition) is 1. The molecule has 0 aliphatic heterocycles. The normalized spacial score (nSPS) is 11.6. The van der Waals surface area contributed by atoms with Crippen molar-refractivity contribution in [3.63, 3.8) is 0 Å². The van der Waals surface area contributed by atoms with Crippen LogP contribution in [0.2, 0.25) is 0 Å². The fourth-order valence-electron chi connectivity index (χ4n) is 2.70. The fourth-order valence-corrected chi connectivity index (χ4v) is 2.70. The number of benzene rings is 2. The molecule has 0 aliphatic carbocycles. The highest BCUT2D eigenvalue weighted by molar-refractivity contribution is 5.43. The summed E-state index contributed by atoms with van der Waals surface area (Å²) in [5, 5.41) is 3.53. The Morgan fingerprint density at radius 2 is 1.52 bits per heavy atom. The quantitative estimate of drug-likeness (QED) is 0.701. The molecule has 0 fully saturated rings. The van der Waals surface area contributed by atoms with Gasteiger partial charge in [-0.1, -0.05) is 42.5 Å². The van der Waals surface area contributed by atoms with Crippen LogP contribution >= 0.6 is 0 Å². The molecule has 0 unspecified atom stereocenters. The fraction of sp³-hybridized carbons (Fsp3) is 0.455. The topological polar surface area (TPSA) is 30.5 Å². The van der Waals surface area contributed by atoms with E-state index in [9.17, 15) is 0 Å². The molecule has 0 aromatic heterocycles. The third-order valence-electron chi connectivity index (χ3n) is 3.93. The van der Waals surface area contributed by atoms with Crippen molar-refractivity contribution in [2.24, 2.45) is 0 Å². The van der Waals surface area contributed by atoms with E-state index >= 15 is 0 Å². The summed E-state index contributed by atoms with van der Waals surface area (Å²) in [6.45, 7) is 13.4. The van der Waals surface area contributed by atoms with Gasteiger partial charge in [0.15, 0.2) is 0 Å². The van der Waals surface area contributed by atoms with Crippen LogP contribution in [0.25, 0.3) is 0 Å². The lowest BCUT2D eigenvalue weighted by Gasteiger charge is -2.21. The molecule has 0 amide bonds. The first kappa shape index (κ1) is 19.5. The average Bonchev–Trinajstić information content (AvgIpc) is 2.55. The van der Waals surface area contributed by atoms with Gasteiger partial charge in [0.1, 0.15) is 12.4 Å². The highest BCUT2D eigenvalue weighted by atomic mass is 16.5. The van der Waals surface area contributed by atoms with Gasteiger partial charge < -0.3 is 14.8 Å². The largest absolute Gasteiger partial charge is 0.491 e. The van der Waals surface area contributed by atoms with Crippen LogP contribution in [-0.2, 0) is 17.9 Å². The Morgan fingerprint density at radius 1 is 0.880 bits per heavy atom. The molecule has 25 heavy (non-hydrogen) atoms. The van der Waals surface area contributed by atoms with Crippen molar-refractivity contribution in [3.05, 3.63) is 64.7 Å². The molecule has 0 atom stereocenters. The zero-order chi connectivity index (χ0) is 18.3. The first-order valence-corrected chi connectivity index (χ1v) is 8.95. The summed E-state index contributed by atoms with van der Waals surface area (Å²) in [7, 11) is 0. The third-order valence-corrected chi connectivity index (χ3v) is 3.93. The van der Waals surface area contributed by atoms with Crippen molar-refractivity contribution < 1.29 is 9.47 Å². The summed E-state index contributed by atoms with van der Waals surface area (Å²) in [4.78, 5) is 0. The number of rotatable bonds is 8. The predicted octanol–water partition coefficient (Wildman–Crippen LogP) is 4.79. The van der Waals surface area contributed by atoms with Gasteiger partial charge in [-0.25, -0.2) is 0 Å². The Morgan fingerprint density at radius 3 is 2.12 bits per heavy atom. The molecule has 1 N–H and O–H groups in total. The first-order valence-electron chi connectivity index (χ1n) is 8.95. The van der Waals surface area contributed by atoms with Gasteiger partial charge in [0.05, 0.1) is 13.2 Å². The molecule has 0 spiro atoms. The molecule has 0 saturated heterocycles. The maximum absolute atomic E-state index is 5.96. The zero-order valence-electron chi connectivity index (χ0n) is 16.2. The van der Waals surface area contributed by atoms with E-state index in [1.165, 1.54) is 22.3 Å². The van der Waals surface area contributed by atoms with Gasteiger partial charge >= 0.3 is 0 Å². The van der Waals surface area contributed by atoms with E-state index in [1.807, 2.05) is 18.2 Å². The van der Waals surface area contributed by atoms with Crippen LogP contribution in [0, 0.1) is 13.8 Å². The number of nitrogens with one attached hydrogen (secondary N) is 1. The van der Waals surface area contributed by atoms with E-state index in [1.54, 1.807) is 0 Å². The molecule has 0 saturated carbocycles. The minimum atomic E-state index is 0.118. The Hall–Kier alpha value is -1.84.